The van der Waals surface area contributed by atoms with E-state index in [0.29, 0.717) is 24.3 Å². The lowest BCUT2D eigenvalue weighted by Crippen LogP contribution is -2.43. The van der Waals surface area contributed by atoms with Gasteiger partial charge in [-0.2, -0.15) is 5.10 Å². The first-order chi connectivity index (χ1) is 12.7. The Labute approximate surface area is 155 Å². The van der Waals surface area contributed by atoms with Crippen molar-refractivity contribution < 1.29 is 4.79 Å². The average molecular weight is 352 g/mol. The monoisotopic (exact) mass is 352 g/mol. The SMILES string of the molecule is Cc1cn[nH]c1C1CCN(C(=O)CN2CCC(c3ccccc3)C2)CC1. The molecule has 26 heavy (non-hydrogen) atoms. The number of H-pyrrole nitrogens is 1. The number of nitrogens with zero attached hydrogens (tertiary/aromatic N) is 3. The Morgan fingerprint density at radius 3 is 2.54 bits per heavy atom. The predicted molar refractivity (Wildman–Crippen MR) is 102 cm³/mol. The quantitative estimate of drug-likeness (QED) is 0.920. The molecule has 0 bridgehead atoms. The third kappa shape index (κ3) is 3.68. The van der Waals surface area contributed by atoms with E-state index >= 15 is 0 Å². The summed E-state index contributed by atoms with van der Waals surface area (Å²) in [5.74, 6) is 1.37. The summed E-state index contributed by atoms with van der Waals surface area (Å²) >= 11 is 0. The van der Waals surface area contributed by atoms with Crippen LogP contribution in [0.15, 0.2) is 36.5 Å². The highest BCUT2D eigenvalue weighted by atomic mass is 16.2. The summed E-state index contributed by atoms with van der Waals surface area (Å²) in [6, 6.07) is 10.7. The van der Waals surface area contributed by atoms with E-state index in [4.69, 9.17) is 0 Å². The predicted octanol–water partition coefficient (Wildman–Crippen LogP) is 2.91. The van der Waals surface area contributed by atoms with Gasteiger partial charge in [0.25, 0.3) is 0 Å². The van der Waals surface area contributed by atoms with Crippen LogP contribution in [0, 0.1) is 6.92 Å². The first kappa shape index (κ1) is 17.3. The van der Waals surface area contributed by atoms with Gasteiger partial charge in [0.1, 0.15) is 0 Å². The highest BCUT2D eigenvalue weighted by Gasteiger charge is 2.29. The number of amides is 1. The number of nitrogens with one attached hydrogen (secondary N) is 1. The van der Waals surface area contributed by atoms with Crippen molar-refractivity contribution in [2.45, 2.75) is 38.0 Å². The first-order valence-electron chi connectivity index (χ1n) is 9.75. The van der Waals surface area contributed by atoms with E-state index in [9.17, 15) is 4.79 Å². The van der Waals surface area contributed by atoms with Crippen LogP contribution in [0.5, 0.6) is 0 Å². The fourth-order valence-corrected chi connectivity index (χ4v) is 4.45. The molecule has 4 rings (SSSR count). The smallest absolute Gasteiger partial charge is 0.236 e. The van der Waals surface area contributed by atoms with E-state index in [1.807, 2.05) is 6.20 Å². The molecule has 1 aromatic carbocycles. The minimum atomic E-state index is 0.290. The molecule has 1 amide bonds. The van der Waals surface area contributed by atoms with Crippen LogP contribution >= 0.6 is 0 Å². The molecular formula is C21H28N4O. The number of aromatic amines is 1. The summed E-state index contributed by atoms with van der Waals surface area (Å²) < 4.78 is 0. The molecule has 2 fully saturated rings. The zero-order chi connectivity index (χ0) is 17.9. The van der Waals surface area contributed by atoms with Crippen molar-refractivity contribution in [1.82, 2.24) is 20.0 Å². The Morgan fingerprint density at radius 2 is 1.85 bits per heavy atom. The summed E-state index contributed by atoms with van der Waals surface area (Å²) in [5, 5.41) is 7.28. The van der Waals surface area contributed by atoms with Crippen molar-refractivity contribution >= 4 is 5.91 Å². The zero-order valence-electron chi connectivity index (χ0n) is 15.5. The molecule has 2 aliphatic heterocycles. The first-order valence-corrected chi connectivity index (χ1v) is 9.75. The number of likely N-dealkylation sites (tertiary alicyclic amines) is 2. The molecule has 0 saturated carbocycles. The summed E-state index contributed by atoms with van der Waals surface area (Å²) in [4.78, 5) is 17.1. The maximum Gasteiger partial charge on any atom is 0.236 e. The van der Waals surface area contributed by atoms with Gasteiger partial charge in [0.15, 0.2) is 0 Å². The minimum Gasteiger partial charge on any atom is -0.342 e. The Balaban J connectivity index is 1.27. The van der Waals surface area contributed by atoms with Crippen LogP contribution in [-0.2, 0) is 4.79 Å². The fourth-order valence-electron chi connectivity index (χ4n) is 4.45. The molecule has 5 heteroatoms. The number of carbonyl (C=O) groups excluding carboxylic acids is 1. The number of piperidine rings is 1. The van der Waals surface area contributed by atoms with Gasteiger partial charge >= 0.3 is 0 Å². The van der Waals surface area contributed by atoms with E-state index in [0.717, 1.165) is 45.4 Å². The highest BCUT2D eigenvalue weighted by molar-refractivity contribution is 5.78. The number of aryl methyl sites for hydroxylation is 1. The minimum absolute atomic E-state index is 0.290. The molecule has 5 nitrogen and oxygen atoms in total. The topological polar surface area (TPSA) is 52.2 Å². The van der Waals surface area contributed by atoms with E-state index in [1.54, 1.807) is 0 Å². The van der Waals surface area contributed by atoms with E-state index in [2.05, 4.69) is 57.3 Å². The lowest BCUT2D eigenvalue weighted by atomic mass is 9.91. The number of carbonyl (C=O) groups is 1. The lowest BCUT2D eigenvalue weighted by molar-refractivity contribution is -0.133. The molecule has 2 saturated heterocycles. The highest BCUT2D eigenvalue weighted by Crippen LogP contribution is 2.29. The van der Waals surface area contributed by atoms with Crippen LogP contribution in [0.3, 0.4) is 0 Å². The molecule has 1 unspecified atom stereocenters. The summed E-state index contributed by atoms with van der Waals surface area (Å²) in [5.41, 5.74) is 3.89. The van der Waals surface area contributed by atoms with Gasteiger partial charge in [-0.3, -0.25) is 14.8 Å². The number of benzene rings is 1. The van der Waals surface area contributed by atoms with Crippen LogP contribution in [0.2, 0.25) is 0 Å². The van der Waals surface area contributed by atoms with Crippen molar-refractivity contribution in [3.8, 4) is 0 Å². The van der Waals surface area contributed by atoms with Gasteiger partial charge in [0.05, 0.1) is 12.7 Å². The molecule has 1 atom stereocenters. The Kier molecular flexibility index (Phi) is 5.07. The van der Waals surface area contributed by atoms with Crippen molar-refractivity contribution in [3.63, 3.8) is 0 Å². The van der Waals surface area contributed by atoms with Crippen molar-refractivity contribution in [3.05, 3.63) is 53.3 Å². The van der Waals surface area contributed by atoms with Gasteiger partial charge < -0.3 is 4.90 Å². The van der Waals surface area contributed by atoms with E-state index < -0.39 is 0 Å². The second-order valence-corrected chi connectivity index (χ2v) is 7.75. The average Bonchev–Trinajstić information content (AvgIpc) is 3.32. The number of hydrogen-bond donors (Lipinski definition) is 1. The third-order valence-corrected chi connectivity index (χ3v) is 6.03. The van der Waals surface area contributed by atoms with Crippen LogP contribution in [0.4, 0.5) is 0 Å². The summed E-state index contributed by atoms with van der Waals surface area (Å²) in [7, 11) is 0. The van der Waals surface area contributed by atoms with Crippen LogP contribution < -0.4 is 0 Å². The second-order valence-electron chi connectivity index (χ2n) is 7.75. The standard InChI is InChI=1S/C21H28N4O/c1-16-13-22-23-21(16)18-8-11-25(12-9-18)20(26)15-24-10-7-19(14-24)17-5-3-2-4-6-17/h2-6,13,18-19H,7-12,14-15H2,1H3,(H,22,23). The molecule has 0 aliphatic carbocycles. The molecule has 2 aliphatic rings. The number of rotatable bonds is 4. The van der Waals surface area contributed by atoms with Gasteiger partial charge in [0, 0.05) is 31.2 Å². The van der Waals surface area contributed by atoms with E-state index in [1.165, 1.54) is 16.8 Å². The Morgan fingerprint density at radius 1 is 1.12 bits per heavy atom. The Hall–Kier alpha value is -2.14. The molecule has 138 valence electrons. The maximum atomic E-state index is 12.7. The third-order valence-electron chi connectivity index (χ3n) is 6.03. The van der Waals surface area contributed by atoms with Gasteiger partial charge in [0.2, 0.25) is 5.91 Å². The second kappa shape index (κ2) is 7.62. The van der Waals surface area contributed by atoms with Crippen molar-refractivity contribution in [2.75, 3.05) is 32.7 Å². The summed E-state index contributed by atoms with van der Waals surface area (Å²) in [6.45, 7) is 6.41. The van der Waals surface area contributed by atoms with Gasteiger partial charge in [-0.1, -0.05) is 30.3 Å². The molecule has 2 aromatic rings. The van der Waals surface area contributed by atoms with Crippen molar-refractivity contribution in [1.29, 1.82) is 0 Å². The molecule has 1 N–H and O–H groups in total. The van der Waals surface area contributed by atoms with Crippen LogP contribution in [0.1, 0.15) is 47.9 Å². The largest absolute Gasteiger partial charge is 0.342 e. The van der Waals surface area contributed by atoms with Gasteiger partial charge in [-0.25, -0.2) is 0 Å². The molecule has 0 spiro atoms. The normalized spacial score (nSPS) is 22.0. The van der Waals surface area contributed by atoms with Gasteiger partial charge in [-0.05, 0) is 49.8 Å². The zero-order valence-corrected chi connectivity index (χ0v) is 15.5. The lowest BCUT2D eigenvalue weighted by Gasteiger charge is -2.33. The molecule has 3 heterocycles. The number of aromatic nitrogens is 2. The molecule has 1 aromatic heterocycles. The Bertz CT molecular complexity index is 733. The molecule has 0 radical (unpaired) electrons. The van der Waals surface area contributed by atoms with E-state index in [-0.39, 0.29) is 0 Å². The van der Waals surface area contributed by atoms with Crippen LogP contribution in [0.25, 0.3) is 0 Å². The van der Waals surface area contributed by atoms with Crippen molar-refractivity contribution in [2.24, 2.45) is 0 Å². The maximum absolute atomic E-state index is 12.7. The fraction of sp³-hybridized carbons (Fsp3) is 0.524. The molecular weight excluding hydrogens is 324 g/mol. The number of hydrogen-bond acceptors (Lipinski definition) is 3. The van der Waals surface area contributed by atoms with Crippen LogP contribution in [-0.4, -0.2) is 58.6 Å². The van der Waals surface area contributed by atoms with Gasteiger partial charge in [-0.15, -0.1) is 0 Å². The summed E-state index contributed by atoms with van der Waals surface area (Å²) in [6.07, 6.45) is 5.10.